The fraction of sp³-hybridized carbons (Fsp3) is 0.235. The highest BCUT2D eigenvalue weighted by molar-refractivity contribution is 6.30. The minimum atomic E-state index is -0.434. The zero-order chi connectivity index (χ0) is 17.8. The van der Waals surface area contributed by atoms with Gasteiger partial charge in [0.15, 0.2) is 0 Å². The highest BCUT2D eigenvalue weighted by Crippen LogP contribution is 2.34. The van der Waals surface area contributed by atoms with Crippen molar-refractivity contribution in [2.45, 2.75) is 12.8 Å². The summed E-state index contributed by atoms with van der Waals surface area (Å²) in [6.07, 6.45) is 0.838. The molecule has 0 saturated carbocycles. The predicted octanol–water partition coefficient (Wildman–Crippen LogP) is 3.62. The summed E-state index contributed by atoms with van der Waals surface area (Å²) in [5.41, 5.74) is 1.71. The van der Waals surface area contributed by atoms with E-state index >= 15 is 0 Å². The molecule has 0 saturated heterocycles. The number of aryl methyl sites for hydroxylation is 1. The molecule has 2 aromatic carbocycles. The summed E-state index contributed by atoms with van der Waals surface area (Å²) in [6.45, 7) is 0.668. The van der Waals surface area contributed by atoms with Crippen LogP contribution in [0.5, 0.6) is 5.75 Å². The molecule has 1 amide bonds. The lowest BCUT2D eigenvalue weighted by Crippen LogP contribution is -2.20. The van der Waals surface area contributed by atoms with Crippen molar-refractivity contribution in [1.82, 2.24) is 0 Å². The number of benzene rings is 2. The average molecular weight is 362 g/mol. The Morgan fingerprint density at radius 1 is 1.28 bits per heavy atom. The van der Waals surface area contributed by atoms with E-state index in [-0.39, 0.29) is 11.6 Å². The van der Waals surface area contributed by atoms with Crippen LogP contribution >= 0.6 is 11.6 Å². The van der Waals surface area contributed by atoms with Crippen LogP contribution in [0.1, 0.15) is 12.0 Å². The molecular formula is C17H16ClN3O4. The van der Waals surface area contributed by atoms with Gasteiger partial charge in [-0.2, -0.15) is 0 Å². The maximum absolute atomic E-state index is 11.5. The van der Waals surface area contributed by atoms with Gasteiger partial charge in [-0.3, -0.25) is 14.9 Å². The van der Waals surface area contributed by atoms with Crippen molar-refractivity contribution < 1.29 is 14.5 Å². The Morgan fingerprint density at radius 2 is 2.12 bits per heavy atom. The second-order valence-electron chi connectivity index (χ2n) is 5.56. The number of carbonyl (C=O) groups excluding carboxylic acids is 1. The van der Waals surface area contributed by atoms with E-state index in [1.807, 2.05) is 0 Å². The van der Waals surface area contributed by atoms with Crippen LogP contribution in [-0.2, 0) is 11.2 Å². The zero-order valence-electron chi connectivity index (χ0n) is 13.3. The van der Waals surface area contributed by atoms with Crippen molar-refractivity contribution >= 4 is 34.6 Å². The molecule has 0 aromatic heterocycles. The third kappa shape index (κ3) is 4.19. The summed E-state index contributed by atoms with van der Waals surface area (Å²) < 4.78 is 5.55. The lowest BCUT2D eigenvalue weighted by Gasteiger charge is -2.18. The van der Waals surface area contributed by atoms with E-state index in [2.05, 4.69) is 10.6 Å². The summed E-state index contributed by atoms with van der Waals surface area (Å²) >= 11 is 5.88. The maximum atomic E-state index is 11.5. The van der Waals surface area contributed by atoms with Gasteiger partial charge in [-0.05, 0) is 36.2 Å². The van der Waals surface area contributed by atoms with E-state index in [1.54, 1.807) is 30.3 Å². The van der Waals surface area contributed by atoms with E-state index in [9.17, 15) is 14.9 Å². The van der Waals surface area contributed by atoms with Crippen LogP contribution in [0.25, 0.3) is 0 Å². The van der Waals surface area contributed by atoms with Gasteiger partial charge >= 0.3 is 0 Å². The number of hydrogen-bond acceptors (Lipinski definition) is 5. The van der Waals surface area contributed by atoms with Gasteiger partial charge in [0, 0.05) is 29.7 Å². The van der Waals surface area contributed by atoms with Crippen molar-refractivity contribution in [3.63, 3.8) is 0 Å². The van der Waals surface area contributed by atoms with E-state index < -0.39 is 4.92 Å². The Kier molecular flexibility index (Phi) is 5.04. The summed E-state index contributed by atoms with van der Waals surface area (Å²) in [5.74, 6) is 0.540. The summed E-state index contributed by atoms with van der Waals surface area (Å²) in [4.78, 5) is 22.4. The molecule has 1 aliphatic heterocycles. The quantitative estimate of drug-likeness (QED) is 0.465. The van der Waals surface area contributed by atoms with E-state index in [0.717, 1.165) is 5.56 Å². The van der Waals surface area contributed by atoms with Crippen molar-refractivity contribution in [2.75, 3.05) is 23.8 Å². The molecule has 0 atom stereocenters. The monoisotopic (exact) mass is 361 g/mol. The van der Waals surface area contributed by atoms with Crippen LogP contribution in [0.15, 0.2) is 36.4 Å². The molecular weight excluding hydrogens is 346 g/mol. The number of nitro groups is 1. The Morgan fingerprint density at radius 3 is 2.88 bits per heavy atom. The van der Waals surface area contributed by atoms with Gasteiger partial charge in [-0.25, -0.2) is 0 Å². The van der Waals surface area contributed by atoms with Gasteiger partial charge in [0.05, 0.1) is 4.92 Å². The number of nitrogens with zero attached hydrogens (tertiary/aromatic N) is 1. The number of anilines is 2. The Labute approximate surface area is 149 Å². The fourth-order valence-corrected chi connectivity index (χ4v) is 2.80. The van der Waals surface area contributed by atoms with Crippen LogP contribution in [-0.4, -0.2) is 24.0 Å². The van der Waals surface area contributed by atoms with Crippen LogP contribution < -0.4 is 15.4 Å². The van der Waals surface area contributed by atoms with Gasteiger partial charge in [0.2, 0.25) is 5.91 Å². The van der Waals surface area contributed by atoms with Gasteiger partial charge in [-0.15, -0.1) is 0 Å². The molecule has 2 aromatic rings. The SMILES string of the molecule is O=C1CCc2cc([N+](=O)[O-])c(NCCOc3cccc(Cl)c3)cc2N1. The highest BCUT2D eigenvalue weighted by atomic mass is 35.5. The fourth-order valence-electron chi connectivity index (χ4n) is 2.62. The first kappa shape index (κ1) is 17.0. The van der Waals surface area contributed by atoms with Crippen LogP contribution in [0, 0.1) is 10.1 Å². The molecule has 0 fully saturated rings. The summed E-state index contributed by atoms with van der Waals surface area (Å²) in [5, 5.41) is 17.6. The van der Waals surface area contributed by atoms with E-state index in [4.69, 9.17) is 16.3 Å². The molecule has 8 heteroatoms. The first-order valence-corrected chi connectivity index (χ1v) is 8.14. The van der Waals surface area contributed by atoms with Gasteiger partial charge in [0.25, 0.3) is 5.69 Å². The first-order valence-electron chi connectivity index (χ1n) is 7.76. The Bertz CT molecular complexity index is 826. The molecule has 0 radical (unpaired) electrons. The normalized spacial score (nSPS) is 12.9. The maximum Gasteiger partial charge on any atom is 0.292 e. The number of rotatable bonds is 6. The van der Waals surface area contributed by atoms with Crippen molar-refractivity contribution in [3.05, 3.63) is 57.1 Å². The van der Waals surface area contributed by atoms with Crippen molar-refractivity contribution in [2.24, 2.45) is 0 Å². The highest BCUT2D eigenvalue weighted by Gasteiger charge is 2.22. The van der Waals surface area contributed by atoms with Gasteiger partial charge in [-0.1, -0.05) is 17.7 Å². The first-order chi connectivity index (χ1) is 12.0. The van der Waals surface area contributed by atoms with E-state index in [1.165, 1.54) is 6.07 Å². The predicted molar refractivity (Wildman–Crippen MR) is 95.5 cm³/mol. The smallest absolute Gasteiger partial charge is 0.292 e. The van der Waals surface area contributed by atoms with Crippen molar-refractivity contribution in [1.29, 1.82) is 0 Å². The lowest BCUT2D eigenvalue weighted by atomic mass is 10.0. The molecule has 0 unspecified atom stereocenters. The Hall–Kier alpha value is -2.80. The number of nitro benzene ring substituents is 1. The second kappa shape index (κ2) is 7.40. The summed E-state index contributed by atoms with van der Waals surface area (Å²) in [7, 11) is 0. The molecule has 0 aliphatic carbocycles. The third-order valence-electron chi connectivity index (χ3n) is 3.80. The Balaban J connectivity index is 1.67. The number of ether oxygens (including phenoxy) is 1. The van der Waals surface area contributed by atoms with Gasteiger partial charge < -0.3 is 15.4 Å². The molecule has 0 bridgehead atoms. The number of nitrogens with one attached hydrogen (secondary N) is 2. The minimum Gasteiger partial charge on any atom is -0.492 e. The molecule has 2 N–H and O–H groups in total. The molecule has 7 nitrogen and oxygen atoms in total. The van der Waals surface area contributed by atoms with Crippen LogP contribution in [0.4, 0.5) is 17.1 Å². The van der Waals surface area contributed by atoms with Crippen LogP contribution in [0.2, 0.25) is 5.02 Å². The second-order valence-corrected chi connectivity index (χ2v) is 6.00. The largest absolute Gasteiger partial charge is 0.492 e. The van der Waals surface area contributed by atoms with Gasteiger partial charge in [0.1, 0.15) is 18.0 Å². The number of amides is 1. The molecule has 3 rings (SSSR count). The van der Waals surface area contributed by atoms with E-state index in [0.29, 0.717) is 48.1 Å². The average Bonchev–Trinajstić information content (AvgIpc) is 2.58. The van der Waals surface area contributed by atoms with Crippen molar-refractivity contribution in [3.8, 4) is 5.75 Å². The molecule has 1 heterocycles. The lowest BCUT2D eigenvalue weighted by molar-refractivity contribution is -0.384. The standard InChI is InChI=1S/C17H16ClN3O4/c18-12-2-1-3-13(9-12)25-7-6-19-15-10-14-11(4-5-17(22)20-14)8-16(15)21(23)24/h1-3,8-10,19H,4-7H2,(H,20,22). The number of hydrogen-bond donors (Lipinski definition) is 2. The summed E-state index contributed by atoms with van der Waals surface area (Å²) in [6, 6.07) is 10.1. The molecule has 0 spiro atoms. The topological polar surface area (TPSA) is 93.5 Å². The zero-order valence-corrected chi connectivity index (χ0v) is 14.0. The molecule has 130 valence electrons. The molecule has 1 aliphatic rings. The number of fused-ring (bicyclic) bond motifs is 1. The van der Waals surface area contributed by atoms with Crippen LogP contribution in [0.3, 0.4) is 0 Å². The molecule has 25 heavy (non-hydrogen) atoms. The number of carbonyl (C=O) groups is 1. The minimum absolute atomic E-state index is 0.0161. The number of halogens is 1. The third-order valence-corrected chi connectivity index (χ3v) is 4.03.